The zero-order chi connectivity index (χ0) is 6.36. The summed E-state index contributed by atoms with van der Waals surface area (Å²) in [5, 5.41) is 1.12. The molecule has 0 saturated carbocycles. The Kier molecular flexibility index (Phi) is 1.02. The van der Waals surface area contributed by atoms with E-state index >= 15 is 0 Å². The SMILES string of the molecule is C[C@@H]1N(N)CC1(F)F. The highest BCUT2D eigenvalue weighted by Crippen LogP contribution is 2.30. The van der Waals surface area contributed by atoms with Crippen molar-refractivity contribution in [2.75, 3.05) is 6.54 Å². The van der Waals surface area contributed by atoms with Gasteiger partial charge in [-0.15, -0.1) is 0 Å². The highest BCUT2D eigenvalue weighted by Gasteiger charge is 2.50. The summed E-state index contributed by atoms with van der Waals surface area (Å²) >= 11 is 0. The van der Waals surface area contributed by atoms with Crippen molar-refractivity contribution in [1.82, 2.24) is 5.01 Å². The van der Waals surface area contributed by atoms with E-state index in [4.69, 9.17) is 5.84 Å². The number of hydrogen-bond donors (Lipinski definition) is 1. The van der Waals surface area contributed by atoms with Gasteiger partial charge in [-0.25, -0.2) is 13.8 Å². The van der Waals surface area contributed by atoms with E-state index in [0.717, 1.165) is 5.01 Å². The van der Waals surface area contributed by atoms with Gasteiger partial charge in [0.05, 0.1) is 12.6 Å². The fraction of sp³-hybridized carbons (Fsp3) is 1.00. The van der Waals surface area contributed by atoms with E-state index in [2.05, 4.69) is 0 Å². The van der Waals surface area contributed by atoms with E-state index in [0.29, 0.717) is 0 Å². The van der Waals surface area contributed by atoms with E-state index in [1.165, 1.54) is 6.92 Å². The van der Waals surface area contributed by atoms with Crippen molar-refractivity contribution in [2.24, 2.45) is 5.84 Å². The first kappa shape index (κ1) is 5.91. The lowest BCUT2D eigenvalue weighted by Gasteiger charge is -2.42. The van der Waals surface area contributed by atoms with Gasteiger partial charge in [-0.2, -0.15) is 0 Å². The first-order chi connectivity index (χ1) is 3.54. The summed E-state index contributed by atoms with van der Waals surface area (Å²) in [4.78, 5) is 0. The molecule has 8 heavy (non-hydrogen) atoms. The van der Waals surface area contributed by atoms with E-state index in [9.17, 15) is 8.78 Å². The van der Waals surface area contributed by atoms with Crippen LogP contribution in [0, 0.1) is 0 Å². The third-order valence-electron chi connectivity index (χ3n) is 1.50. The minimum absolute atomic E-state index is 0.297. The topological polar surface area (TPSA) is 29.3 Å². The highest BCUT2D eigenvalue weighted by molar-refractivity contribution is 4.92. The van der Waals surface area contributed by atoms with Crippen LogP contribution in [-0.4, -0.2) is 23.5 Å². The lowest BCUT2D eigenvalue weighted by atomic mass is 10.0. The third-order valence-corrected chi connectivity index (χ3v) is 1.50. The van der Waals surface area contributed by atoms with Gasteiger partial charge in [0.2, 0.25) is 0 Å². The van der Waals surface area contributed by atoms with Gasteiger partial charge in [0, 0.05) is 0 Å². The van der Waals surface area contributed by atoms with Crippen LogP contribution in [0.5, 0.6) is 0 Å². The summed E-state index contributed by atoms with van der Waals surface area (Å²) in [6, 6.07) is -0.775. The number of halogens is 2. The van der Waals surface area contributed by atoms with Crippen LogP contribution in [0.25, 0.3) is 0 Å². The van der Waals surface area contributed by atoms with Crippen molar-refractivity contribution in [3.05, 3.63) is 0 Å². The van der Waals surface area contributed by atoms with E-state index in [-0.39, 0.29) is 6.54 Å². The van der Waals surface area contributed by atoms with Crippen LogP contribution in [0.3, 0.4) is 0 Å². The van der Waals surface area contributed by atoms with Crippen molar-refractivity contribution >= 4 is 0 Å². The molecule has 1 atom stereocenters. The largest absolute Gasteiger partial charge is 0.278 e. The Labute approximate surface area is 46.2 Å². The normalized spacial score (nSPS) is 36.8. The molecule has 0 aromatic carbocycles. The van der Waals surface area contributed by atoms with Crippen molar-refractivity contribution < 1.29 is 8.78 Å². The molecule has 2 N–H and O–H groups in total. The molecule has 1 fully saturated rings. The molecule has 1 rings (SSSR count). The summed E-state index contributed by atoms with van der Waals surface area (Å²) < 4.78 is 24.1. The Morgan fingerprint density at radius 1 is 1.75 bits per heavy atom. The highest BCUT2D eigenvalue weighted by atomic mass is 19.3. The average molecular weight is 122 g/mol. The number of nitrogens with two attached hydrogens (primary N) is 1. The molecular weight excluding hydrogens is 114 g/mol. The number of nitrogens with zero attached hydrogens (tertiary/aromatic N) is 1. The molecule has 4 heteroatoms. The second-order valence-electron chi connectivity index (χ2n) is 2.11. The number of alkyl halides is 2. The molecule has 1 saturated heterocycles. The van der Waals surface area contributed by atoms with Gasteiger partial charge in [-0.05, 0) is 6.92 Å². The van der Waals surface area contributed by atoms with Crippen LogP contribution >= 0.6 is 0 Å². The van der Waals surface area contributed by atoms with Crippen molar-refractivity contribution in [2.45, 2.75) is 18.9 Å². The fourth-order valence-electron chi connectivity index (χ4n) is 0.643. The molecule has 1 aliphatic heterocycles. The smallest absolute Gasteiger partial charge is 0.268 e. The maximum Gasteiger partial charge on any atom is 0.278 e. The summed E-state index contributed by atoms with van der Waals surface area (Å²) in [6.45, 7) is 1.11. The third kappa shape index (κ3) is 0.605. The summed E-state index contributed by atoms with van der Waals surface area (Å²) in [5.41, 5.74) is 0. The number of rotatable bonds is 0. The van der Waals surface area contributed by atoms with Crippen LogP contribution in [0.2, 0.25) is 0 Å². The minimum Gasteiger partial charge on any atom is -0.268 e. The first-order valence-corrected chi connectivity index (χ1v) is 2.43. The minimum atomic E-state index is -2.55. The van der Waals surface area contributed by atoms with Crippen molar-refractivity contribution in [1.29, 1.82) is 0 Å². The van der Waals surface area contributed by atoms with Gasteiger partial charge in [0.15, 0.2) is 0 Å². The van der Waals surface area contributed by atoms with E-state index in [1.807, 2.05) is 0 Å². The second-order valence-corrected chi connectivity index (χ2v) is 2.11. The van der Waals surface area contributed by atoms with Crippen LogP contribution in [0.4, 0.5) is 8.78 Å². The lowest BCUT2D eigenvalue weighted by Crippen LogP contribution is -2.66. The lowest BCUT2D eigenvalue weighted by molar-refractivity contribution is -0.177. The quantitative estimate of drug-likeness (QED) is 0.465. The van der Waals surface area contributed by atoms with Gasteiger partial charge < -0.3 is 0 Å². The van der Waals surface area contributed by atoms with Gasteiger partial charge in [-0.3, -0.25) is 5.84 Å². The van der Waals surface area contributed by atoms with Crippen LogP contribution in [0.1, 0.15) is 6.92 Å². The molecule has 0 aromatic rings. The molecule has 0 spiro atoms. The zero-order valence-electron chi connectivity index (χ0n) is 4.56. The molecule has 48 valence electrons. The fourth-order valence-corrected chi connectivity index (χ4v) is 0.643. The monoisotopic (exact) mass is 122 g/mol. The Bertz CT molecular complexity index is 104. The molecular formula is C4H8F2N2. The van der Waals surface area contributed by atoms with E-state index in [1.54, 1.807) is 0 Å². The standard InChI is InChI=1S/C4H8F2N2/c1-3-4(5,6)2-8(3)7/h3H,2,7H2,1H3/t3-/m0/s1. The Balaban J connectivity index is 2.47. The molecule has 0 unspecified atom stereocenters. The molecule has 2 nitrogen and oxygen atoms in total. The number of hydrazine groups is 1. The maximum absolute atomic E-state index is 12.1. The van der Waals surface area contributed by atoms with Crippen LogP contribution in [0.15, 0.2) is 0 Å². The van der Waals surface area contributed by atoms with Crippen LogP contribution < -0.4 is 5.84 Å². The van der Waals surface area contributed by atoms with Gasteiger partial charge >= 0.3 is 0 Å². The Morgan fingerprint density at radius 2 is 2.25 bits per heavy atom. The number of hydrogen-bond acceptors (Lipinski definition) is 2. The molecule has 1 heterocycles. The van der Waals surface area contributed by atoms with E-state index < -0.39 is 12.0 Å². The second kappa shape index (κ2) is 1.39. The summed E-state index contributed by atoms with van der Waals surface area (Å²) in [5.74, 6) is 2.50. The maximum atomic E-state index is 12.1. The molecule has 0 aromatic heterocycles. The van der Waals surface area contributed by atoms with Crippen LogP contribution in [-0.2, 0) is 0 Å². The average Bonchev–Trinajstić information content (AvgIpc) is 1.65. The molecule has 0 bridgehead atoms. The van der Waals surface area contributed by atoms with Gasteiger partial charge in [0.25, 0.3) is 5.92 Å². The molecule has 0 radical (unpaired) electrons. The molecule has 1 aliphatic rings. The molecule has 0 aliphatic carbocycles. The predicted molar refractivity (Wildman–Crippen MR) is 25.3 cm³/mol. The zero-order valence-corrected chi connectivity index (χ0v) is 4.56. The van der Waals surface area contributed by atoms with Crippen molar-refractivity contribution in [3.63, 3.8) is 0 Å². The molecule has 0 amide bonds. The van der Waals surface area contributed by atoms with Crippen molar-refractivity contribution in [3.8, 4) is 0 Å². The summed E-state index contributed by atoms with van der Waals surface area (Å²) in [7, 11) is 0. The summed E-state index contributed by atoms with van der Waals surface area (Å²) in [6.07, 6.45) is 0. The Hall–Kier alpha value is -0.220. The van der Waals surface area contributed by atoms with Gasteiger partial charge in [-0.1, -0.05) is 0 Å². The first-order valence-electron chi connectivity index (χ1n) is 2.43. The van der Waals surface area contributed by atoms with Gasteiger partial charge in [0.1, 0.15) is 0 Å². The Morgan fingerprint density at radius 3 is 2.25 bits per heavy atom. The predicted octanol–water partition coefficient (Wildman–Crippen LogP) is 0.200.